The highest BCUT2D eigenvalue weighted by Crippen LogP contribution is 2.12. The fourth-order valence-corrected chi connectivity index (χ4v) is 0.907. The first kappa shape index (κ1) is 9.12. The summed E-state index contributed by atoms with van der Waals surface area (Å²) in [7, 11) is 1.47. The third kappa shape index (κ3) is 1.79. The maximum atomic E-state index is 12.8. The van der Waals surface area contributed by atoms with Crippen LogP contribution in [0.1, 0.15) is 10.4 Å². The zero-order chi connectivity index (χ0) is 9.14. The van der Waals surface area contributed by atoms with E-state index in [-0.39, 0.29) is 16.1 Å². The van der Waals surface area contributed by atoms with Gasteiger partial charge in [0.2, 0.25) is 0 Å². The number of nitrogens with one attached hydrogen (secondary N) is 1. The predicted molar refractivity (Wildman–Crippen MR) is 45.3 cm³/mol. The molecule has 1 amide bonds. The van der Waals surface area contributed by atoms with E-state index in [0.29, 0.717) is 0 Å². The van der Waals surface area contributed by atoms with Crippen LogP contribution in [0.5, 0.6) is 0 Å². The van der Waals surface area contributed by atoms with Crippen LogP contribution >= 0.6 is 15.9 Å². The summed E-state index contributed by atoms with van der Waals surface area (Å²) in [5.74, 6) is -0.898. The van der Waals surface area contributed by atoms with Crippen molar-refractivity contribution in [3.05, 3.63) is 28.2 Å². The van der Waals surface area contributed by atoms with Gasteiger partial charge in [0.1, 0.15) is 4.60 Å². The number of carbonyl (C=O) groups is 1. The summed E-state index contributed by atoms with van der Waals surface area (Å²) in [5.41, 5.74) is 0.207. The molecule has 1 N–H and O–H groups in total. The van der Waals surface area contributed by atoms with E-state index in [1.54, 1.807) is 0 Å². The van der Waals surface area contributed by atoms with Gasteiger partial charge in [-0.05, 0) is 22.0 Å². The van der Waals surface area contributed by atoms with E-state index in [4.69, 9.17) is 0 Å². The Kier molecular flexibility index (Phi) is 2.75. The first-order chi connectivity index (χ1) is 5.65. The van der Waals surface area contributed by atoms with Crippen molar-refractivity contribution in [3.63, 3.8) is 0 Å². The Morgan fingerprint density at radius 1 is 1.75 bits per heavy atom. The number of hydrogen-bond donors (Lipinski definition) is 1. The summed E-state index contributed by atoms with van der Waals surface area (Å²) in [6.07, 6.45) is 1.30. The van der Waals surface area contributed by atoms with Crippen LogP contribution in [0.4, 0.5) is 4.39 Å². The molecule has 5 heteroatoms. The molecule has 0 aliphatic carbocycles. The van der Waals surface area contributed by atoms with Gasteiger partial charge < -0.3 is 5.32 Å². The van der Waals surface area contributed by atoms with Crippen LogP contribution in [0.3, 0.4) is 0 Å². The number of hydrogen-bond acceptors (Lipinski definition) is 2. The molecule has 12 heavy (non-hydrogen) atoms. The molecule has 1 heterocycles. The number of aromatic nitrogens is 1. The van der Waals surface area contributed by atoms with Gasteiger partial charge in [0, 0.05) is 13.2 Å². The van der Waals surface area contributed by atoms with E-state index in [1.807, 2.05) is 0 Å². The van der Waals surface area contributed by atoms with Crippen molar-refractivity contribution in [2.45, 2.75) is 0 Å². The molecule has 0 saturated heterocycles. The van der Waals surface area contributed by atoms with E-state index in [9.17, 15) is 9.18 Å². The van der Waals surface area contributed by atoms with Crippen molar-refractivity contribution in [1.29, 1.82) is 0 Å². The molecule has 0 spiro atoms. The minimum absolute atomic E-state index is 0.107. The van der Waals surface area contributed by atoms with Crippen LogP contribution < -0.4 is 5.32 Å². The van der Waals surface area contributed by atoms with Gasteiger partial charge in [-0.25, -0.2) is 9.37 Å². The summed E-state index contributed by atoms with van der Waals surface area (Å²) in [6, 6.07) is 1.12. The molecule has 0 aliphatic rings. The number of amides is 1. The van der Waals surface area contributed by atoms with Gasteiger partial charge in [-0.15, -0.1) is 0 Å². The Labute approximate surface area is 77.1 Å². The summed E-state index contributed by atoms with van der Waals surface area (Å²) < 4.78 is 12.9. The number of pyridine rings is 1. The molecule has 1 aromatic heterocycles. The van der Waals surface area contributed by atoms with Crippen molar-refractivity contribution in [2.75, 3.05) is 7.05 Å². The molecular weight excluding hydrogens is 227 g/mol. The van der Waals surface area contributed by atoms with Crippen molar-refractivity contribution in [1.82, 2.24) is 10.3 Å². The minimum atomic E-state index is -0.545. The van der Waals surface area contributed by atoms with Crippen LogP contribution in [0.25, 0.3) is 0 Å². The van der Waals surface area contributed by atoms with Crippen LogP contribution in [0.15, 0.2) is 16.9 Å². The highest BCUT2D eigenvalue weighted by atomic mass is 79.9. The second-order valence-corrected chi connectivity index (χ2v) is 2.83. The highest BCUT2D eigenvalue weighted by Gasteiger charge is 2.06. The fourth-order valence-electron chi connectivity index (χ4n) is 0.690. The molecular formula is C7H6BrFN2O. The maximum Gasteiger partial charge on any atom is 0.252 e. The summed E-state index contributed by atoms with van der Waals surface area (Å²) >= 11 is 2.88. The van der Waals surface area contributed by atoms with Crippen LogP contribution in [0.2, 0.25) is 0 Å². The lowest BCUT2D eigenvalue weighted by Gasteiger charge is -1.99. The molecule has 0 unspecified atom stereocenters. The number of rotatable bonds is 1. The molecule has 3 nitrogen and oxygen atoms in total. The quantitative estimate of drug-likeness (QED) is 0.743. The number of halogens is 2. The second-order valence-electron chi connectivity index (χ2n) is 2.08. The van der Waals surface area contributed by atoms with Gasteiger partial charge in [0.25, 0.3) is 5.91 Å². The molecule has 0 saturated carbocycles. The molecule has 0 aliphatic heterocycles. The van der Waals surface area contributed by atoms with Gasteiger partial charge in [0.15, 0.2) is 5.82 Å². The largest absolute Gasteiger partial charge is 0.355 e. The molecule has 0 aromatic carbocycles. The van der Waals surface area contributed by atoms with Crippen LogP contribution in [-0.4, -0.2) is 17.9 Å². The van der Waals surface area contributed by atoms with Gasteiger partial charge >= 0.3 is 0 Å². The van der Waals surface area contributed by atoms with Crippen LogP contribution in [0, 0.1) is 5.82 Å². The predicted octanol–water partition coefficient (Wildman–Crippen LogP) is 1.34. The standard InChI is InChI=1S/C7H6BrFN2O/c1-10-7(12)4-2-5(9)6(8)11-3-4/h2-3H,1H3,(H,10,12). The van der Waals surface area contributed by atoms with E-state index in [2.05, 4.69) is 26.2 Å². The van der Waals surface area contributed by atoms with E-state index < -0.39 is 5.82 Å². The smallest absolute Gasteiger partial charge is 0.252 e. The van der Waals surface area contributed by atoms with E-state index in [1.165, 1.54) is 13.2 Å². The Hall–Kier alpha value is -0.970. The Morgan fingerprint density at radius 2 is 2.42 bits per heavy atom. The first-order valence-electron chi connectivity index (χ1n) is 3.18. The molecule has 0 bridgehead atoms. The Morgan fingerprint density at radius 3 is 2.92 bits per heavy atom. The van der Waals surface area contributed by atoms with Gasteiger partial charge in [-0.1, -0.05) is 0 Å². The maximum absolute atomic E-state index is 12.8. The van der Waals surface area contributed by atoms with Gasteiger partial charge in [0.05, 0.1) is 5.56 Å². The molecule has 0 radical (unpaired) electrons. The zero-order valence-electron chi connectivity index (χ0n) is 6.27. The second kappa shape index (κ2) is 3.62. The highest BCUT2D eigenvalue weighted by molar-refractivity contribution is 9.10. The van der Waals surface area contributed by atoms with Crippen molar-refractivity contribution >= 4 is 21.8 Å². The Bertz CT molecular complexity index is 316. The summed E-state index contributed by atoms with van der Waals surface area (Å²) in [4.78, 5) is 14.6. The Balaban J connectivity index is 3.05. The molecule has 0 fully saturated rings. The average Bonchev–Trinajstić information content (AvgIpc) is 2.08. The first-order valence-corrected chi connectivity index (χ1v) is 3.97. The monoisotopic (exact) mass is 232 g/mol. The molecule has 0 atom stereocenters. The number of nitrogens with zero attached hydrogens (tertiary/aromatic N) is 1. The zero-order valence-corrected chi connectivity index (χ0v) is 7.85. The third-order valence-electron chi connectivity index (χ3n) is 1.29. The summed E-state index contributed by atoms with van der Waals surface area (Å²) in [5, 5.41) is 2.37. The molecule has 1 rings (SSSR count). The summed E-state index contributed by atoms with van der Waals surface area (Å²) in [6.45, 7) is 0. The molecule has 64 valence electrons. The van der Waals surface area contributed by atoms with Gasteiger partial charge in [-0.3, -0.25) is 4.79 Å². The number of carbonyl (C=O) groups excluding carboxylic acids is 1. The fraction of sp³-hybridized carbons (Fsp3) is 0.143. The topological polar surface area (TPSA) is 42.0 Å². The lowest BCUT2D eigenvalue weighted by Crippen LogP contribution is -2.18. The lowest BCUT2D eigenvalue weighted by molar-refractivity contribution is 0.0962. The SMILES string of the molecule is CNC(=O)c1cnc(Br)c(F)c1. The van der Waals surface area contributed by atoms with Gasteiger partial charge in [-0.2, -0.15) is 0 Å². The lowest BCUT2D eigenvalue weighted by atomic mass is 10.3. The van der Waals surface area contributed by atoms with E-state index >= 15 is 0 Å². The average molecular weight is 233 g/mol. The van der Waals surface area contributed by atoms with Crippen molar-refractivity contribution in [2.24, 2.45) is 0 Å². The normalized spacial score (nSPS) is 9.58. The third-order valence-corrected chi connectivity index (χ3v) is 1.87. The van der Waals surface area contributed by atoms with Crippen LogP contribution in [-0.2, 0) is 0 Å². The minimum Gasteiger partial charge on any atom is -0.355 e. The van der Waals surface area contributed by atoms with Crippen molar-refractivity contribution < 1.29 is 9.18 Å². The molecule has 1 aromatic rings. The van der Waals surface area contributed by atoms with Crippen molar-refractivity contribution in [3.8, 4) is 0 Å². The van der Waals surface area contributed by atoms with E-state index in [0.717, 1.165) is 6.07 Å².